The molecule has 1 heterocycles. The van der Waals surface area contributed by atoms with Gasteiger partial charge in [0.25, 0.3) is 5.91 Å². The Morgan fingerprint density at radius 1 is 1.07 bits per heavy atom. The summed E-state index contributed by atoms with van der Waals surface area (Å²) >= 11 is 0. The molecule has 0 aliphatic rings. The minimum atomic E-state index is -0.600. The lowest BCUT2D eigenvalue weighted by Gasteiger charge is -2.13. The van der Waals surface area contributed by atoms with Gasteiger partial charge in [0.05, 0.1) is 4.92 Å². The smallest absolute Gasteiger partial charge is 0.354 e. The summed E-state index contributed by atoms with van der Waals surface area (Å²) in [5, 5.41) is 16.0. The van der Waals surface area contributed by atoms with E-state index in [0.717, 1.165) is 10.8 Å². The number of fused-ring (bicyclic) bond motifs is 1. The van der Waals surface area contributed by atoms with Crippen molar-refractivity contribution < 1.29 is 9.72 Å². The first-order valence-electron chi connectivity index (χ1n) is 8.27. The number of hydrogen-bond donors (Lipinski definition) is 3. The Balaban J connectivity index is 1.86. The fourth-order valence-corrected chi connectivity index (χ4v) is 2.63. The predicted octanol–water partition coefficient (Wildman–Crippen LogP) is 3.12. The van der Waals surface area contributed by atoms with Crippen molar-refractivity contribution in [2.45, 2.75) is 19.9 Å². The number of carbonyl (C=O) groups is 1. The number of amides is 1. The lowest BCUT2D eigenvalue weighted by Crippen LogP contribution is -2.30. The zero-order chi connectivity index (χ0) is 19.4. The SMILES string of the molecule is CC(C)Nc1ncnc(NNC(=O)c2cccc3ccccc23)c1[N+](=O)[O-]. The van der Waals surface area contributed by atoms with Crippen molar-refractivity contribution in [1.29, 1.82) is 0 Å². The number of nitro groups is 1. The van der Waals surface area contributed by atoms with Gasteiger partial charge in [-0.25, -0.2) is 9.97 Å². The molecule has 3 N–H and O–H groups in total. The normalized spacial score (nSPS) is 10.6. The van der Waals surface area contributed by atoms with E-state index in [9.17, 15) is 14.9 Å². The highest BCUT2D eigenvalue weighted by Crippen LogP contribution is 2.28. The molecule has 3 rings (SSSR count). The van der Waals surface area contributed by atoms with Gasteiger partial charge in [0.2, 0.25) is 11.6 Å². The van der Waals surface area contributed by atoms with E-state index in [1.165, 1.54) is 6.33 Å². The lowest BCUT2D eigenvalue weighted by atomic mass is 10.0. The van der Waals surface area contributed by atoms with Crippen LogP contribution in [-0.2, 0) is 0 Å². The Kier molecular flexibility index (Phi) is 5.11. The molecule has 0 saturated carbocycles. The fraction of sp³-hybridized carbons (Fsp3) is 0.167. The highest BCUT2D eigenvalue weighted by atomic mass is 16.6. The van der Waals surface area contributed by atoms with E-state index in [-0.39, 0.29) is 23.4 Å². The monoisotopic (exact) mass is 366 g/mol. The Labute approximate surface area is 155 Å². The molecule has 27 heavy (non-hydrogen) atoms. The van der Waals surface area contributed by atoms with Crippen molar-refractivity contribution in [3.8, 4) is 0 Å². The number of nitrogens with one attached hydrogen (secondary N) is 3. The molecule has 138 valence electrons. The van der Waals surface area contributed by atoms with Crippen LogP contribution in [0.3, 0.4) is 0 Å². The van der Waals surface area contributed by atoms with Crippen LogP contribution in [0.1, 0.15) is 24.2 Å². The van der Waals surface area contributed by atoms with Crippen molar-refractivity contribution in [2.75, 3.05) is 10.7 Å². The molecule has 1 aromatic heterocycles. The number of carbonyl (C=O) groups excluding carboxylic acids is 1. The molecule has 0 bridgehead atoms. The minimum Gasteiger partial charge on any atom is -0.362 e. The molecule has 2 aromatic carbocycles. The molecule has 3 aromatic rings. The van der Waals surface area contributed by atoms with Crippen LogP contribution in [0.25, 0.3) is 10.8 Å². The molecule has 0 radical (unpaired) electrons. The molecule has 0 spiro atoms. The summed E-state index contributed by atoms with van der Waals surface area (Å²) in [6.45, 7) is 3.67. The quantitative estimate of drug-likeness (QED) is 0.452. The summed E-state index contributed by atoms with van der Waals surface area (Å²) in [4.78, 5) is 31.2. The van der Waals surface area contributed by atoms with Gasteiger partial charge in [0.1, 0.15) is 6.33 Å². The van der Waals surface area contributed by atoms with E-state index >= 15 is 0 Å². The molecule has 0 aliphatic heterocycles. The highest BCUT2D eigenvalue weighted by molar-refractivity contribution is 6.07. The van der Waals surface area contributed by atoms with Gasteiger partial charge < -0.3 is 5.32 Å². The van der Waals surface area contributed by atoms with Gasteiger partial charge in [0.15, 0.2) is 0 Å². The highest BCUT2D eigenvalue weighted by Gasteiger charge is 2.24. The summed E-state index contributed by atoms with van der Waals surface area (Å²) in [5.74, 6) is -0.461. The van der Waals surface area contributed by atoms with Crippen molar-refractivity contribution >= 4 is 34.0 Å². The second-order valence-electron chi connectivity index (χ2n) is 6.08. The summed E-state index contributed by atoms with van der Waals surface area (Å²) in [6, 6.07) is 12.8. The lowest BCUT2D eigenvalue weighted by molar-refractivity contribution is -0.383. The number of nitrogens with zero attached hydrogens (tertiary/aromatic N) is 3. The molecular formula is C18H18N6O3. The van der Waals surface area contributed by atoms with Crippen LogP contribution in [0, 0.1) is 10.1 Å². The largest absolute Gasteiger partial charge is 0.362 e. The van der Waals surface area contributed by atoms with Gasteiger partial charge >= 0.3 is 5.69 Å². The Hall–Kier alpha value is -3.75. The van der Waals surface area contributed by atoms with Gasteiger partial charge in [-0.15, -0.1) is 0 Å². The van der Waals surface area contributed by atoms with Gasteiger partial charge in [-0.1, -0.05) is 36.4 Å². The third-order valence-corrected chi connectivity index (χ3v) is 3.76. The van der Waals surface area contributed by atoms with E-state index in [1.54, 1.807) is 12.1 Å². The average Bonchev–Trinajstić information content (AvgIpc) is 2.65. The maximum Gasteiger partial charge on any atom is 0.354 e. The summed E-state index contributed by atoms with van der Waals surface area (Å²) in [6.07, 6.45) is 1.18. The fourth-order valence-electron chi connectivity index (χ4n) is 2.63. The van der Waals surface area contributed by atoms with Crippen LogP contribution in [0.4, 0.5) is 17.3 Å². The summed E-state index contributed by atoms with van der Waals surface area (Å²) in [7, 11) is 0. The number of hydrazine groups is 1. The summed E-state index contributed by atoms with van der Waals surface area (Å²) in [5.41, 5.74) is 5.11. The molecule has 0 aliphatic carbocycles. The second kappa shape index (κ2) is 7.65. The van der Waals surface area contributed by atoms with Crippen molar-refractivity contribution in [2.24, 2.45) is 0 Å². The van der Waals surface area contributed by atoms with Crippen molar-refractivity contribution in [3.63, 3.8) is 0 Å². The van der Waals surface area contributed by atoms with Crippen molar-refractivity contribution in [3.05, 3.63) is 64.5 Å². The first kappa shape index (κ1) is 18.1. The van der Waals surface area contributed by atoms with E-state index < -0.39 is 10.8 Å². The van der Waals surface area contributed by atoms with Crippen LogP contribution >= 0.6 is 0 Å². The molecule has 0 atom stereocenters. The zero-order valence-electron chi connectivity index (χ0n) is 14.8. The molecule has 1 amide bonds. The van der Waals surface area contributed by atoms with Crippen LogP contribution in [0.5, 0.6) is 0 Å². The maximum atomic E-state index is 12.6. The first-order valence-corrected chi connectivity index (χ1v) is 8.27. The maximum absolute atomic E-state index is 12.6. The molecule has 0 saturated heterocycles. The number of hydrogen-bond acceptors (Lipinski definition) is 7. The number of rotatable bonds is 6. The Morgan fingerprint density at radius 2 is 1.78 bits per heavy atom. The first-order chi connectivity index (χ1) is 13.0. The van der Waals surface area contributed by atoms with Crippen molar-refractivity contribution in [1.82, 2.24) is 15.4 Å². The molecule has 9 nitrogen and oxygen atoms in total. The second-order valence-corrected chi connectivity index (χ2v) is 6.08. The molecular weight excluding hydrogens is 348 g/mol. The third-order valence-electron chi connectivity index (χ3n) is 3.76. The third kappa shape index (κ3) is 3.92. The van der Waals surface area contributed by atoms with Crippen LogP contribution in [0.2, 0.25) is 0 Å². The number of benzene rings is 2. The van der Waals surface area contributed by atoms with Crippen LogP contribution in [0.15, 0.2) is 48.8 Å². The van der Waals surface area contributed by atoms with Crippen LogP contribution in [-0.4, -0.2) is 26.8 Å². The number of anilines is 2. The van der Waals surface area contributed by atoms with E-state index in [1.807, 2.05) is 44.2 Å². The van der Waals surface area contributed by atoms with Crippen LogP contribution < -0.4 is 16.2 Å². The topological polar surface area (TPSA) is 122 Å². The average molecular weight is 366 g/mol. The molecule has 9 heteroatoms. The van der Waals surface area contributed by atoms with Gasteiger partial charge in [-0.3, -0.25) is 25.8 Å². The molecule has 0 unspecified atom stereocenters. The summed E-state index contributed by atoms with van der Waals surface area (Å²) < 4.78 is 0. The van der Waals surface area contributed by atoms with E-state index in [2.05, 4.69) is 26.1 Å². The standard InChI is InChI=1S/C18H18N6O3/c1-11(2)21-16-15(24(26)27)17(20-10-19-16)22-23-18(25)14-9-5-7-12-6-3-4-8-13(12)14/h3-11H,1-2H3,(H,23,25)(H2,19,20,21,22). The van der Waals surface area contributed by atoms with Gasteiger partial charge in [0, 0.05) is 11.6 Å². The zero-order valence-corrected chi connectivity index (χ0v) is 14.8. The number of aromatic nitrogens is 2. The Morgan fingerprint density at radius 3 is 2.52 bits per heavy atom. The minimum absolute atomic E-state index is 0.0586. The molecule has 0 fully saturated rings. The van der Waals surface area contributed by atoms with E-state index in [0.29, 0.717) is 5.56 Å². The Bertz CT molecular complexity index is 1000. The van der Waals surface area contributed by atoms with Gasteiger partial charge in [-0.2, -0.15) is 0 Å². The van der Waals surface area contributed by atoms with Gasteiger partial charge in [-0.05, 0) is 30.7 Å². The van der Waals surface area contributed by atoms with E-state index in [4.69, 9.17) is 0 Å². The predicted molar refractivity (Wildman–Crippen MR) is 102 cm³/mol.